The van der Waals surface area contributed by atoms with Gasteiger partial charge in [-0.05, 0) is 30.3 Å². The number of amides is 1. The van der Waals surface area contributed by atoms with E-state index in [9.17, 15) is 9.18 Å². The molecular formula is C18H16FN3O4. The number of benzene rings is 1. The van der Waals surface area contributed by atoms with Crippen molar-refractivity contribution in [3.8, 4) is 23.1 Å². The SMILES string of the molecule is O=C(COc1ccccc1F)NCCOc1ccc(-c2ccco2)nn1. The summed E-state index contributed by atoms with van der Waals surface area (Å²) in [6.45, 7) is 0.180. The minimum Gasteiger partial charge on any atom is -0.481 e. The smallest absolute Gasteiger partial charge is 0.258 e. The summed E-state index contributed by atoms with van der Waals surface area (Å²) in [6, 6.07) is 12.8. The minimum atomic E-state index is -0.514. The van der Waals surface area contributed by atoms with Gasteiger partial charge in [0.25, 0.3) is 5.91 Å². The Kier molecular flexibility index (Phi) is 5.76. The number of carbonyl (C=O) groups is 1. The van der Waals surface area contributed by atoms with Gasteiger partial charge in [-0.25, -0.2) is 4.39 Å². The van der Waals surface area contributed by atoms with Gasteiger partial charge >= 0.3 is 0 Å². The maximum Gasteiger partial charge on any atom is 0.258 e. The van der Waals surface area contributed by atoms with Crippen molar-refractivity contribution in [3.05, 3.63) is 60.6 Å². The van der Waals surface area contributed by atoms with E-state index in [1.54, 1.807) is 42.7 Å². The van der Waals surface area contributed by atoms with Crippen LogP contribution in [-0.4, -0.2) is 35.9 Å². The van der Waals surface area contributed by atoms with Gasteiger partial charge in [0.15, 0.2) is 23.9 Å². The highest BCUT2D eigenvalue weighted by Crippen LogP contribution is 2.17. The fraction of sp³-hybridized carbons (Fsp3) is 0.167. The summed E-state index contributed by atoms with van der Waals surface area (Å²) in [7, 11) is 0. The van der Waals surface area contributed by atoms with Gasteiger partial charge in [0.05, 0.1) is 12.8 Å². The molecule has 2 aromatic heterocycles. The lowest BCUT2D eigenvalue weighted by Crippen LogP contribution is -2.32. The predicted octanol–water partition coefficient (Wildman–Crippen LogP) is 2.45. The van der Waals surface area contributed by atoms with Gasteiger partial charge in [0, 0.05) is 6.07 Å². The molecule has 0 saturated heterocycles. The highest BCUT2D eigenvalue weighted by atomic mass is 19.1. The number of hydrogen-bond acceptors (Lipinski definition) is 6. The lowest BCUT2D eigenvalue weighted by atomic mass is 10.3. The first-order valence-electron chi connectivity index (χ1n) is 7.87. The topological polar surface area (TPSA) is 86.5 Å². The number of nitrogens with one attached hydrogen (secondary N) is 1. The van der Waals surface area contributed by atoms with Crippen molar-refractivity contribution in [2.45, 2.75) is 0 Å². The van der Waals surface area contributed by atoms with Gasteiger partial charge in [0.2, 0.25) is 5.88 Å². The van der Waals surface area contributed by atoms with E-state index in [0.29, 0.717) is 17.3 Å². The molecule has 0 bridgehead atoms. The number of carbonyl (C=O) groups excluding carboxylic acids is 1. The maximum absolute atomic E-state index is 13.4. The monoisotopic (exact) mass is 357 g/mol. The van der Waals surface area contributed by atoms with Crippen molar-refractivity contribution in [1.29, 1.82) is 0 Å². The zero-order valence-corrected chi connectivity index (χ0v) is 13.7. The number of aromatic nitrogens is 2. The summed E-state index contributed by atoms with van der Waals surface area (Å²) >= 11 is 0. The van der Waals surface area contributed by atoms with Crippen molar-refractivity contribution < 1.29 is 23.1 Å². The molecule has 2 heterocycles. The Morgan fingerprint density at radius 1 is 1.08 bits per heavy atom. The Hall–Kier alpha value is -3.42. The Morgan fingerprint density at radius 2 is 1.96 bits per heavy atom. The van der Waals surface area contributed by atoms with Crippen LogP contribution in [0.1, 0.15) is 0 Å². The first kappa shape index (κ1) is 17.4. The molecule has 3 rings (SSSR count). The van der Waals surface area contributed by atoms with Crippen LogP contribution in [0.2, 0.25) is 0 Å². The van der Waals surface area contributed by atoms with Gasteiger partial charge in [0.1, 0.15) is 12.3 Å². The molecule has 1 aromatic carbocycles. The normalized spacial score (nSPS) is 10.3. The number of para-hydroxylation sites is 1. The maximum atomic E-state index is 13.4. The molecular weight excluding hydrogens is 341 g/mol. The van der Waals surface area contributed by atoms with Crippen LogP contribution in [0, 0.1) is 5.82 Å². The van der Waals surface area contributed by atoms with Gasteiger partial charge in [-0.15, -0.1) is 10.2 Å². The molecule has 0 atom stereocenters. The van der Waals surface area contributed by atoms with Crippen LogP contribution < -0.4 is 14.8 Å². The molecule has 0 aliphatic carbocycles. The Bertz CT molecular complexity index is 838. The van der Waals surface area contributed by atoms with Gasteiger partial charge < -0.3 is 19.2 Å². The molecule has 0 saturated carbocycles. The van der Waals surface area contributed by atoms with Crippen molar-refractivity contribution >= 4 is 5.91 Å². The third-order valence-electron chi connectivity index (χ3n) is 3.28. The van der Waals surface area contributed by atoms with Crippen LogP contribution in [0.25, 0.3) is 11.5 Å². The molecule has 7 nitrogen and oxygen atoms in total. The third kappa shape index (κ3) is 4.79. The highest BCUT2D eigenvalue weighted by molar-refractivity contribution is 5.77. The molecule has 0 fully saturated rings. The first-order chi connectivity index (χ1) is 12.7. The lowest BCUT2D eigenvalue weighted by Gasteiger charge is -2.08. The molecule has 134 valence electrons. The fourth-order valence-corrected chi connectivity index (χ4v) is 2.05. The average molecular weight is 357 g/mol. The minimum absolute atomic E-state index is 0.0332. The van der Waals surface area contributed by atoms with Crippen molar-refractivity contribution in [2.24, 2.45) is 0 Å². The van der Waals surface area contributed by atoms with E-state index < -0.39 is 5.82 Å². The lowest BCUT2D eigenvalue weighted by molar-refractivity contribution is -0.123. The summed E-state index contributed by atoms with van der Waals surface area (Å²) in [4.78, 5) is 11.7. The molecule has 0 aliphatic heterocycles. The second-order valence-electron chi connectivity index (χ2n) is 5.15. The fourth-order valence-electron chi connectivity index (χ4n) is 2.05. The zero-order valence-electron chi connectivity index (χ0n) is 13.7. The van der Waals surface area contributed by atoms with E-state index >= 15 is 0 Å². The Balaban J connectivity index is 1.36. The van der Waals surface area contributed by atoms with E-state index in [0.717, 1.165) is 0 Å². The van der Waals surface area contributed by atoms with Crippen molar-refractivity contribution in [2.75, 3.05) is 19.8 Å². The quantitative estimate of drug-likeness (QED) is 0.623. The van der Waals surface area contributed by atoms with Gasteiger partial charge in [-0.2, -0.15) is 0 Å². The summed E-state index contributed by atoms with van der Waals surface area (Å²) in [5.74, 6) is 0.0884. The number of ether oxygens (including phenoxy) is 2. The molecule has 0 spiro atoms. The number of nitrogens with zero attached hydrogens (tertiary/aromatic N) is 2. The highest BCUT2D eigenvalue weighted by Gasteiger charge is 2.07. The van der Waals surface area contributed by atoms with E-state index in [1.807, 2.05) is 0 Å². The Morgan fingerprint density at radius 3 is 2.69 bits per heavy atom. The summed E-state index contributed by atoms with van der Waals surface area (Å²) in [5.41, 5.74) is 0.598. The number of hydrogen-bond donors (Lipinski definition) is 1. The van der Waals surface area contributed by atoms with E-state index in [-0.39, 0.29) is 31.4 Å². The molecule has 26 heavy (non-hydrogen) atoms. The number of rotatable bonds is 8. The van der Waals surface area contributed by atoms with Gasteiger partial charge in [-0.3, -0.25) is 4.79 Å². The average Bonchev–Trinajstić information content (AvgIpc) is 3.20. The molecule has 0 aliphatic rings. The summed E-state index contributed by atoms with van der Waals surface area (Å²) in [5, 5.41) is 10.5. The van der Waals surface area contributed by atoms with Crippen LogP contribution in [-0.2, 0) is 4.79 Å². The Labute approximate surface area is 148 Å². The van der Waals surface area contributed by atoms with E-state index in [2.05, 4.69) is 15.5 Å². The van der Waals surface area contributed by atoms with Crippen molar-refractivity contribution in [1.82, 2.24) is 15.5 Å². The summed E-state index contributed by atoms with van der Waals surface area (Å²) in [6.07, 6.45) is 1.56. The van der Waals surface area contributed by atoms with Crippen LogP contribution >= 0.6 is 0 Å². The zero-order chi connectivity index (χ0) is 18.2. The largest absolute Gasteiger partial charge is 0.481 e. The van der Waals surface area contributed by atoms with E-state index in [4.69, 9.17) is 13.9 Å². The molecule has 0 radical (unpaired) electrons. The number of furan rings is 1. The van der Waals surface area contributed by atoms with E-state index in [1.165, 1.54) is 12.1 Å². The molecule has 8 heteroatoms. The molecule has 3 aromatic rings. The molecule has 1 N–H and O–H groups in total. The van der Waals surface area contributed by atoms with Crippen molar-refractivity contribution in [3.63, 3.8) is 0 Å². The van der Waals surface area contributed by atoms with Crippen LogP contribution in [0.4, 0.5) is 4.39 Å². The first-order valence-corrected chi connectivity index (χ1v) is 7.87. The predicted molar refractivity (Wildman–Crippen MR) is 90.1 cm³/mol. The van der Waals surface area contributed by atoms with Crippen LogP contribution in [0.15, 0.2) is 59.2 Å². The molecule has 0 unspecified atom stereocenters. The summed E-state index contributed by atoms with van der Waals surface area (Å²) < 4.78 is 29.1. The van der Waals surface area contributed by atoms with Crippen LogP contribution in [0.3, 0.4) is 0 Å². The van der Waals surface area contributed by atoms with Gasteiger partial charge in [-0.1, -0.05) is 12.1 Å². The van der Waals surface area contributed by atoms with Crippen LogP contribution in [0.5, 0.6) is 11.6 Å². The standard InChI is InChI=1S/C18H16FN3O4/c19-13-4-1-2-5-15(13)26-12-17(23)20-9-11-25-18-8-7-14(21-22-18)16-6-3-10-24-16/h1-8,10H,9,11-12H2,(H,20,23). The second kappa shape index (κ2) is 8.61. The second-order valence-corrected chi connectivity index (χ2v) is 5.15. The molecule has 1 amide bonds. The third-order valence-corrected chi connectivity index (χ3v) is 3.28. The number of halogens is 1.